The molecule has 0 atom stereocenters. The van der Waals surface area contributed by atoms with Gasteiger partial charge in [0.1, 0.15) is 23.9 Å². The van der Waals surface area contributed by atoms with Crippen molar-refractivity contribution in [3.63, 3.8) is 0 Å². The highest BCUT2D eigenvalue weighted by Gasteiger charge is 2.27. The van der Waals surface area contributed by atoms with Gasteiger partial charge in [-0.25, -0.2) is 4.39 Å². The highest BCUT2D eigenvalue weighted by Crippen LogP contribution is 2.39. The molecule has 1 N–H and O–H groups in total. The number of hydrogen-bond acceptors (Lipinski definition) is 6. The Labute approximate surface area is 191 Å². The van der Waals surface area contributed by atoms with Gasteiger partial charge in [0.05, 0.1) is 18.8 Å². The molecule has 1 fully saturated rings. The van der Waals surface area contributed by atoms with Crippen LogP contribution in [0.5, 0.6) is 17.2 Å². The fraction of sp³-hybridized carbons (Fsp3) is 0.360. The van der Waals surface area contributed by atoms with E-state index < -0.39 is 11.8 Å². The average molecular weight is 455 g/mol. The Morgan fingerprint density at radius 3 is 2.76 bits per heavy atom. The van der Waals surface area contributed by atoms with Crippen molar-refractivity contribution in [3.8, 4) is 28.6 Å². The van der Waals surface area contributed by atoms with Crippen LogP contribution in [0.25, 0.3) is 11.3 Å². The Balaban J connectivity index is 1.58. The molecule has 3 aromatic rings. The van der Waals surface area contributed by atoms with E-state index in [9.17, 15) is 9.18 Å². The molecule has 8 heteroatoms. The molecule has 1 aliphatic rings. The Hall–Kier alpha value is -3.55. The molecule has 2 aromatic carbocycles. The first-order valence-corrected chi connectivity index (χ1v) is 11.0. The van der Waals surface area contributed by atoms with Gasteiger partial charge in [0.15, 0.2) is 11.4 Å². The molecule has 1 aliphatic carbocycles. The quantitative estimate of drug-likeness (QED) is 0.437. The van der Waals surface area contributed by atoms with Crippen molar-refractivity contribution in [1.82, 2.24) is 5.16 Å². The molecule has 0 aliphatic heterocycles. The summed E-state index contributed by atoms with van der Waals surface area (Å²) in [6.45, 7) is 0.0551. The summed E-state index contributed by atoms with van der Waals surface area (Å²) in [5.41, 5.74) is 1.49. The van der Waals surface area contributed by atoms with E-state index in [1.165, 1.54) is 19.2 Å². The third-order valence-electron chi connectivity index (χ3n) is 5.62. The zero-order valence-electron chi connectivity index (χ0n) is 18.4. The fourth-order valence-electron chi connectivity index (χ4n) is 3.87. The van der Waals surface area contributed by atoms with Gasteiger partial charge in [-0.2, -0.15) is 0 Å². The largest absolute Gasteiger partial charge is 0.497 e. The van der Waals surface area contributed by atoms with E-state index in [4.69, 9.17) is 23.8 Å². The lowest BCUT2D eigenvalue weighted by Gasteiger charge is -2.14. The highest BCUT2D eigenvalue weighted by molar-refractivity contribution is 5.68. The minimum Gasteiger partial charge on any atom is -0.497 e. The summed E-state index contributed by atoms with van der Waals surface area (Å²) >= 11 is 0. The van der Waals surface area contributed by atoms with E-state index >= 15 is 0 Å². The van der Waals surface area contributed by atoms with Gasteiger partial charge in [-0.3, -0.25) is 4.79 Å². The van der Waals surface area contributed by atoms with Gasteiger partial charge in [0, 0.05) is 6.42 Å². The summed E-state index contributed by atoms with van der Waals surface area (Å²) < 4.78 is 37.5. The topological polar surface area (TPSA) is 91.0 Å². The molecular weight excluding hydrogens is 429 g/mol. The van der Waals surface area contributed by atoms with Crippen LogP contribution in [-0.2, 0) is 17.8 Å². The fourth-order valence-corrected chi connectivity index (χ4v) is 3.87. The number of carboxylic acids is 1. The standard InChI is InChI=1S/C25H26FNO6/c1-30-18-10-11-21(26)20(14-18)24-25(32-17-6-2-3-7-17)22(27-33-24)15-31-19-8-4-5-16(13-19)9-12-23(28)29/h4-5,8,10-11,13-14,17H,2-3,6-7,9,12,15H2,1H3,(H,28,29). The summed E-state index contributed by atoms with van der Waals surface area (Å²) in [4.78, 5) is 10.8. The zero-order chi connectivity index (χ0) is 23.2. The van der Waals surface area contributed by atoms with Gasteiger partial charge in [-0.15, -0.1) is 0 Å². The number of aliphatic carboxylic acids is 1. The number of aryl methyl sites for hydroxylation is 1. The highest BCUT2D eigenvalue weighted by atomic mass is 19.1. The summed E-state index contributed by atoms with van der Waals surface area (Å²) in [7, 11) is 1.51. The molecular formula is C25H26FNO6. The number of nitrogens with zero attached hydrogens (tertiary/aromatic N) is 1. The van der Waals surface area contributed by atoms with E-state index in [1.807, 2.05) is 12.1 Å². The first-order valence-electron chi connectivity index (χ1n) is 11.0. The second-order valence-electron chi connectivity index (χ2n) is 7.99. The minimum absolute atomic E-state index is 0.00918. The zero-order valence-corrected chi connectivity index (χ0v) is 18.4. The van der Waals surface area contributed by atoms with Gasteiger partial charge in [0.2, 0.25) is 5.76 Å². The maximum Gasteiger partial charge on any atom is 0.303 e. The first kappa shape index (κ1) is 22.6. The Morgan fingerprint density at radius 1 is 1.18 bits per heavy atom. The van der Waals surface area contributed by atoms with Crippen LogP contribution in [0.15, 0.2) is 47.0 Å². The van der Waals surface area contributed by atoms with Crippen molar-refractivity contribution in [2.24, 2.45) is 0 Å². The van der Waals surface area contributed by atoms with Crippen LogP contribution in [0, 0.1) is 5.82 Å². The maximum atomic E-state index is 14.6. The van der Waals surface area contributed by atoms with Crippen LogP contribution in [0.3, 0.4) is 0 Å². The summed E-state index contributed by atoms with van der Waals surface area (Å²) in [5, 5.41) is 13.0. The van der Waals surface area contributed by atoms with E-state index in [-0.39, 0.29) is 30.5 Å². The Kier molecular flexibility index (Phi) is 7.12. The van der Waals surface area contributed by atoms with E-state index in [2.05, 4.69) is 5.16 Å². The first-order chi connectivity index (χ1) is 16.0. The number of benzene rings is 2. The Bertz CT molecular complexity index is 1110. The minimum atomic E-state index is -0.852. The number of carboxylic acid groups (broad SMARTS) is 1. The smallest absolute Gasteiger partial charge is 0.303 e. The Morgan fingerprint density at radius 2 is 2.00 bits per heavy atom. The lowest BCUT2D eigenvalue weighted by molar-refractivity contribution is -0.136. The molecule has 1 saturated carbocycles. The normalized spacial score (nSPS) is 13.8. The van der Waals surface area contributed by atoms with Crippen LogP contribution in [0.2, 0.25) is 0 Å². The molecule has 4 rings (SSSR count). The molecule has 0 spiro atoms. The van der Waals surface area contributed by atoms with Gasteiger partial charge in [-0.05, 0) is 68.0 Å². The SMILES string of the molecule is COc1ccc(F)c(-c2onc(COc3cccc(CCC(=O)O)c3)c2OC2CCCC2)c1. The molecule has 0 radical (unpaired) electrons. The van der Waals surface area contributed by atoms with E-state index in [0.717, 1.165) is 31.2 Å². The number of methoxy groups -OCH3 is 1. The monoisotopic (exact) mass is 455 g/mol. The number of halogens is 1. The van der Waals surface area contributed by atoms with Crippen molar-refractivity contribution < 1.29 is 33.0 Å². The van der Waals surface area contributed by atoms with E-state index in [1.54, 1.807) is 18.2 Å². The molecule has 174 valence electrons. The summed E-state index contributed by atoms with van der Waals surface area (Å²) in [6.07, 6.45) is 4.44. The number of hydrogen-bond donors (Lipinski definition) is 1. The second kappa shape index (κ2) is 10.4. The van der Waals surface area contributed by atoms with Gasteiger partial charge in [-0.1, -0.05) is 17.3 Å². The summed E-state index contributed by atoms with van der Waals surface area (Å²) in [5.74, 6) is 0.312. The van der Waals surface area contributed by atoms with Gasteiger partial charge in [0.25, 0.3) is 0 Å². The third kappa shape index (κ3) is 5.63. The number of carbonyl (C=O) groups is 1. The predicted octanol–water partition coefficient (Wildman–Crippen LogP) is 5.41. The molecule has 0 unspecified atom stereocenters. The molecule has 33 heavy (non-hydrogen) atoms. The lowest BCUT2D eigenvalue weighted by atomic mass is 10.1. The average Bonchev–Trinajstić information content (AvgIpc) is 3.47. The second-order valence-corrected chi connectivity index (χ2v) is 7.99. The summed E-state index contributed by atoms with van der Waals surface area (Å²) in [6, 6.07) is 11.6. The van der Waals surface area contributed by atoms with Crippen LogP contribution in [0.1, 0.15) is 43.4 Å². The van der Waals surface area contributed by atoms with Gasteiger partial charge < -0.3 is 23.8 Å². The van der Waals surface area contributed by atoms with Crippen molar-refractivity contribution in [3.05, 3.63) is 59.5 Å². The van der Waals surface area contributed by atoms with Crippen LogP contribution in [-0.4, -0.2) is 29.4 Å². The molecule has 0 saturated heterocycles. The van der Waals surface area contributed by atoms with Gasteiger partial charge >= 0.3 is 5.97 Å². The molecule has 1 aromatic heterocycles. The third-order valence-corrected chi connectivity index (χ3v) is 5.62. The molecule has 1 heterocycles. The van der Waals surface area contributed by atoms with Crippen molar-refractivity contribution in [1.29, 1.82) is 0 Å². The molecule has 0 amide bonds. The van der Waals surface area contributed by atoms with Crippen LogP contribution >= 0.6 is 0 Å². The van der Waals surface area contributed by atoms with Crippen LogP contribution in [0.4, 0.5) is 4.39 Å². The van der Waals surface area contributed by atoms with Crippen molar-refractivity contribution >= 4 is 5.97 Å². The number of rotatable bonds is 10. The predicted molar refractivity (Wildman–Crippen MR) is 118 cm³/mol. The van der Waals surface area contributed by atoms with Crippen molar-refractivity contribution in [2.45, 2.75) is 51.2 Å². The van der Waals surface area contributed by atoms with Crippen molar-refractivity contribution in [2.75, 3.05) is 7.11 Å². The number of ether oxygens (including phenoxy) is 3. The maximum absolute atomic E-state index is 14.6. The van der Waals surface area contributed by atoms with Crippen LogP contribution < -0.4 is 14.2 Å². The van der Waals surface area contributed by atoms with E-state index in [0.29, 0.717) is 29.4 Å². The molecule has 7 nitrogen and oxygen atoms in total. The lowest BCUT2D eigenvalue weighted by Crippen LogP contribution is -2.13. The number of aromatic nitrogens is 1. The molecule has 0 bridgehead atoms.